The second-order valence-corrected chi connectivity index (χ2v) is 8.37. The number of alkyl carbamates (subject to hydrolysis) is 1. The van der Waals surface area contributed by atoms with E-state index in [1.807, 2.05) is 0 Å². The third kappa shape index (κ3) is 4.79. The summed E-state index contributed by atoms with van der Waals surface area (Å²) >= 11 is 0. The zero-order chi connectivity index (χ0) is 20.7. The van der Waals surface area contributed by atoms with Crippen LogP contribution in [0.1, 0.15) is 26.3 Å². The maximum atomic E-state index is 12.2. The van der Waals surface area contributed by atoms with Gasteiger partial charge in [0.25, 0.3) is 0 Å². The van der Waals surface area contributed by atoms with E-state index >= 15 is 0 Å². The van der Waals surface area contributed by atoms with Gasteiger partial charge in [0, 0.05) is 24.8 Å². The van der Waals surface area contributed by atoms with Gasteiger partial charge in [0.2, 0.25) is 0 Å². The highest BCUT2D eigenvalue weighted by atomic mass is 32.3. The average molecular weight is 415 g/mol. The summed E-state index contributed by atoms with van der Waals surface area (Å²) in [5.41, 5.74) is 0.726. The first-order chi connectivity index (χ1) is 12.9. The molecule has 28 heavy (non-hydrogen) atoms. The van der Waals surface area contributed by atoms with E-state index in [1.54, 1.807) is 39.2 Å². The first kappa shape index (κ1) is 20.1. The number of carbonyl (C=O) groups excluding carboxylic acids is 2. The molecule has 1 aromatic heterocycles. The number of hydroxylamine groups is 2. The van der Waals surface area contributed by atoms with Crippen molar-refractivity contribution < 1.29 is 31.6 Å². The number of carbonyl (C=O) groups is 2. The summed E-state index contributed by atoms with van der Waals surface area (Å²) in [6.07, 6.45) is 4.31. The molecule has 2 aliphatic heterocycles. The molecule has 0 aliphatic carbocycles. The Morgan fingerprint density at radius 2 is 2.14 bits per heavy atom. The summed E-state index contributed by atoms with van der Waals surface area (Å²) in [7, 11) is -4.81. The van der Waals surface area contributed by atoms with Gasteiger partial charge in [-0.3, -0.25) is 4.55 Å². The summed E-state index contributed by atoms with van der Waals surface area (Å²) in [5, 5.41) is 7.43. The van der Waals surface area contributed by atoms with Gasteiger partial charge in [0.05, 0.1) is 18.4 Å². The van der Waals surface area contributed by atoms with Gasteiger partial charge in [-0.1, -0.05) is 0 Å². The molecule has 0 saturated carbocycles. The first-order valence-electron chi connectivity index (χ1n) is 8.38. The van der Waals surface area contributed by atoms with Crippen molar-refractivity contribution in [3.63, 3.8) is 0 Å². The zero-order valence-corrected chi connectivity index (χ0v) is 16.3. The second-order valence-electron chi connectivity index (χ2n) is 7.37. The van der Waals surface area contributed by atoms with Gasteiger partial charge in [0.1, 0.15) is 11.6 Å². The van der Waals surface area contributed by atoms with Crippen molar-refractivity contribution in [2.24, 2.45) is 0 Å². The Balaban J connectivity index is 1.66. The molecule has 2 bridgehead atoms. The van der Waals surface area contributed by atoms with E-state index in [-0.39, 0.29) is 19.6 Å². The summed E-state index contributed by atoms with van der Waals surface area (Å²) in [6.45, 7) is 5.90. The molecule has 0 spiro atoms. The van der Waals surface area contributed by atoms with Crippen LogP contribution >= 0.6 is 0 Å². The van der Waals surface area contributed by atoms with Crippen molar-refractivity contribution >= 4 is 28.2 Å². The highest BCUT2D eigenvalue weighted by molar-refractivity contribution is 7.80. The molecule has 1 unspecified atom stereocenters. The first-order valence-corrected chi connectivity index (χ1v) is 9.74. The fraction of sp³-hybridized carbons (Fsp3) is 0.533. The topological polar surface area (TPSA) is 143 Å². The molecule has 13 heteroatoms. The smallest absolute Gasteiger partial charge is 0.418 e. The minimum Gasteiger partial charge on any atom is -0.444 e. The van der Waals surface area contributed by atoms with E-state index in [1.165, 1.54) is 9.58 Å². The Bertz CT molecular complexity index is 917. The number of fused-ring (bicyclic) bond motifs is 2. The highest BCUT2D eigenvalue weighted by Gasteiger charge is 2.43. The number of hydrogen-bond acceptors (Lipinski definition) is 7. The molecule has 0 aromatic carbocycles. The van der Waals surface area contributed by atoms with Crippen LogP contribution in [-0.2, 0) is 26.0 Å². The number of nitrogens with one attached hydrogen (secondary N) is 1. The van der Waals surface area contributed by atoms with Crippen LogP contribution in [0.4, 0.5) is 9.59 Å². The van der Waals surface area contributed by atoms with Crippen molar-refractivity contribution in [2.75, 3.05) is 13.1 Å². The quantitative estimate of drug-likeness (QED) is 0.666. The second kappa shape index (κ2) is 7.07. The van der Waals surface area contributed by atoms with Gasteiger partial charge in [-0.25, -0.2) is 14.3 Å². The Kier molecular flexibility index (Phi) is 5.08. The molecule has 0 radical (unpaired) electrons. The van der Waals surface area contributed by atoms with Gasteiger partial charge < -0.3 is 15.0 Å². The third-order valence-corrected chi connectivity index (χ3v) is 4.19. The van der Waals surface area contributed by atoms with E-state index < -0.39 is 34.2 Å². The van der Waals surface area contributed by atoms with Gasteiger partial charge in [-0.05, 0) is 26.8 Å². The molecule has 1 saturated heterocycles. The molecule has 3 amide bonds. The van der Waals surface area contributed by atoms with E-state index in [2.05, 4.69) is 14.7 Å². The van der Waals surface area contributed by atoms with E-state index in [0.717, 1.165) is 0 Å². The molecular formula is C15H21N5O7S. The molecule has 3 heterocycles. The Labute approximate surface area is 161 Å². The molecule has 1 fully saturated rings. The number of urea groups is 1. The van der Waals surface area contributed by atoms with Crippen LogP contribution in [-0.4, -0.2) is 69.6 Å². The highest BCUT2D eigenvalue weighted by Crippen LogP contribution is 2.27. The lowest BCUT2D eigenvalue weighted by Crippen LogP contribution is -2.35. The molecular weight excluding hydrogens is 394 g/mol. The van der Waals surface area contributed by atoms with Crippen LogP contribution in [0, 0.1) is 0 Å². The van der Waals surface area contributed by atoms with Gasteiger partial charge >= 0.3 is 22.5 Å². The van der Waals surface area contributed by atoms with E-state index in [0.29, 0.717) is 16.3 Å². The molecule has 2 aliphatic rings. The van der Waals surface area contributed by atoms with Crippen molar-refractivity contribution in [3.8, 4) is 0 Å². The standard InChI is InChI=1S/C15H21N5O7S/c1-15(2,3)26-13(21)16-5-10-6-17-19(7-10)11-4-12-9-18(8-11)14(22)20(12)27-28(23,24)25/h4,6-7,12H,5,8-9H2,1-3H3,(H,16,21)(H,23,24,25). The third-order valence-electron chi connectivity index (χ3n) is 3.85. The number of ether oxygens (including phenoxy) is 1. The van der Waals surface area contributed by atoms with Crippen molar-refractivity contribution in [1.82, 2.24) is 25.1 Å². The minimum absolute atomic E-state index is 0.182. The van der Waals surface area contributed by atoms with Crippen LogP contribution in [0.3, 0.4) is 0 Å². The number of nitrogens with zero attached hydrogens (tertiary/aromatic N) is 4. The van der Waals surface area contributed by atoms with Crippen LogP contribution in [0.5, 0.6) is 0 Å². The maximum absolute atomic E-state index is 12.2. The molecule has 12 nitrogen and oxygen atoms in total. The lowest BCUT2D eigenvalue weighted by Gasteiger charge is -2.21. The Morgan fingerprint density at radius 3 is 2.79 bits per heavy atom. The predicted molar refractivity (Wildman–Crippen MR) is 94.8 cm³/mol. The van der Waals surface area contributed by atoms with Crippen LogP contribution < -0.4 is 5.32 Å². The summed E-state index contributed by atoms with van der Waals surface area (Å²) in [5.74, 6) is 0. The lowest BCUT2D eigenvalue weighted by atomic mass is 10.2. The Hall–Kier alpha value is -2.64. The number of rotatable bonds is 5. The summed E-state index contributed by atoms with van der Waals surface area (Å²) in [6, 6.07) is -1.36. The fourth-order valence-electron chi connectivity index (χ4n) is 2.82. The minimum atomic E-state index is -4.81. The maximum Gasteiger partial charge on any atom is 0.418 e. The number of hydrogen-bond donors (Lipinski definition) is 2. The SMILES string of the molecule is CC(C)(C)OC(=O)NCc1cnn(C2=CC3CN(C2)C(=O)N3OS(=O)(=O)O)c1. The molecule has 1 aromatic rings. The predicted octanol–water partition coefficient (Wildman–Crippen LogP) is 0.603. The number of amides is 3. The largest absolute Gasteiger partial charge is 0.444 e. The zero-order valence-electron chi connectivity index (χ0n) is 15.5. The molecule has 3 rings (SSSR count). The van der Waals surface area contributed by atoms with Gasteiger partial charge in [-0.15, -0.1) is 4.28 Å². The molecule has 154 valence electrons. The average Bonchev–Trinajstić information content (AvgIpc) is 3.10. The lowest BCUT2D eigenvalue weighted by molar-refractivity contribution is -0.0183. The monoisotopic (exact) mass is 415 g/mol. The van der Waals surface area contributed by atoms with Crippen LogP contribution in [0.15, 0.2) is 18.5 Å². The van der Waals surface area contributed by atoms with E-state index in [9.17, 15) is 18.0 Å². The molecule has 1 atom stereocenters. The molecule has 2 N–H and O–H groups in total. The Morgan fingerprint density at radius 1 is 1.43 bits per heavy atom. The normalized spacial score (nSPS) is 19.6. The van der Waals surface area contributed by atoms with Crippen LogP contribution in [0.2, 0.25) is 0 Å². The summed E-state index contributed by atoms with van der Waals surface area (Å²) in [4.78, 5) is 25.2. The van der Waals surface area contributed by atoms with Crippen molar-refractivity contribution in [2.45, 2.75) is 39.0 Å². The van der Waals surface area contributed by atoms with Gasteiger partial charge in [-0.2, -0.15) is 18.6 Å². The number of aromatic nitrogens is 2. The van der Waals surface area contributed by atoms with Gasteiger partial charge in [0.15, 0.2) is 0 Å². The van der Waals surface area contributed by atoms with Crippen molar-refractivity contribution in [3.05, 3.63) is 24.0 Å². The van der Waals surface area contributed by atoms with E-state index in [4.69, 9.17) is 9.29 Å². The fourth-order valence-corrected chi connectivity index (χ4v) is 3.19. The van der Waals surface area contributed by atoms with Crippen LogP contribution in [0.25, 0.3) is 5.70 Å². The summed E-state index contributed by atoms with van der Waals surface area (Å²) < 4.78 is 41.7. The van der Waals surface area contributed by atoms with Crippen molar-refractivity contribution in [1.29, 1.82) is 0 Å².